The van der Waals surface area contributed by atoms with Crippen LogP contribution in [0.3, 0.4) is 0 Å². The van der Waals surface area contributed by atoms with Crippen molar-refractivity contribution in [1.29, 1.82) is 0 Å². The average molecular weight is 245 g/mol. The Morgan fingerprint density at radius 3 is 2.72 bits per heavy atom. The molecule has 1 aromatic carbocycles. The lowest BCUT2D eigenvalue weighted by Gasteiger charge is -2.03. The van der Waals surface area contributed by atoms with Crippen LogP contribution >= 0.6 is 0 Å². The summed E-state index contributed by atoms with van der Waals surface area (Å²) >= 11 is 0. The van der Waals surface area contributed by atoms with Crippen LogP contribution in [-0.2, 0) is 6.42 Å². The van der Waals surface area contributed by atoms with Crippen LogP contribution in [0.15, 0.2) is 36.7 Å². The van der Waals surface area contributed by atoms with Gasteiger partial charge in [0.25, 0.3) is 0 Å². The fraction of sp³-hybridized carbons (Fsp3) is 0.357. The van der Waals surface area contributed by atoms with E-state index in [0.717, 1.165) is 30.8 Å². The molecule has 0 bridgehead atoms. The first-order chi connectivity index (χ1) is 8.83. The SMILES string of the molecule is CNCCCc1cnn(-c2ccc(OC)cc2)c1. The van der Waals surface area contributed by atoms with Crippen LogP contribution in [0.2, 0.25) is 0 Å². The molecule has 1 heterocycles. The summed E-state index contributed by atoms with van der Waals surface area (Å²) in [6, 6.07) is 7.89. The molecular formula is C14H19N3O. The highest BCUT2D eigenvalue weighted by molar-refractivity contribution is 5.37. The highest BCUT2D eigenvalue weighted by Crippen LogP contribution is 2.15. The maximum atomic E-state index is 5.14. The van der Waals surface area contributed by atoms with Gasteiger partial charge in [-0.2, -0.15) is 5.10 Å². The van der Waals surface area contributed by atoms with Crippen molar-refractivity contribution < 1.29 is 4.74 Å². The predicted molar refractivity (Wildman–Crippen MR) is 72.4 cm³/mol. The molecule has 0 aliphatic carbocycles. The maximum absolute atomic E-state index is 5.14. The number of benzene rings is 1. The predicted octanol–water partition coefficient (Wildman–Crippen LogP) is 2.03. The minimum atomic E-state index is 0.861. The third kappa shape index (κ3) is 3.11. The molecule has 2 aromatic rings. The molecule has 0 aliphatic heterocycles. The van der Waals surface area contributed by atoms with Gasteiger partial charge in [-0.05, 0) is 56.3 Å². The lowest BCUT2D eigenvalue weighted by Crippen LogP contribution is -2.08. The molecule has 0 saturated carbocycles. The van der Waals surface area contributed by atoms with Crippen molar-refractivity contribution in [2.45, 2.75) is 12.8 Å². The van der Waals surface area contributed by atoms with Gasteiger partial charge in [-0.1, -0.05) is 0 Å². The van der Waals surface area contributed by atoms with E-state index >= 15 is 0 Å². The second-order valence-corrected chi connectivity index (χ2v) is 4.20. The van der Waals surface area contributed by atoms with Gasteiger partial charge in [0.2, 0.25) is 0 Å². The van der Waals surface area contributed by atoms with Crippen molar-refractivity contribution in [3.8, 4) is 11.4 Å². The molecule has 2 rings (SSSR count). The second-order valence-electron chi connectivity index (χ2n) is 4.20. The number of aromatic nitrogens is 2. The topological polar surface area (TPSA) is 39.1 Å². The Labute approximate surface area is 108 Å². The Kier molecular flexibility index (Phi) is 4.36. The molecule has 4 heteroatoms. The molecule has 0 spiro atoms. The first kappa shape index (κ1) is 12.6. The normalized spacial score (nSPS) is 10.6. The minimum absolute atomic E-state index is 0.861. The van der Waals surface area contributed by atoms with Crippen molar-refractivity contribution >= 4 is 0 Å². The summed E-state index contributed by atoms with van der Waals surface area (Å²) < 4.78 is 7.04. The highest BCUT2D eigenvalue weighted by atomic mass is 16.5. The summed E-state index contributed by atoms with van der Waals surface area (Å²) in [6.45, 7) is 1.04. The maximum Gasteiger partial charge on any atom is 0.119 e. The molecule has 4 nitrogen and oxygen atoms in total. The van der Waals surface area contributed by atoms with Gasteiger partial charge >= 0.3 is 0 Å². The molecule has 0 fully saturated rings. The van der Waals surface area contributed by atoms with Crippen molar-refractivity contribution in [2.24, 2.45) is 0 Å². The van der Waals surface area contributed by atoms with E-state index in [1.165, 1.54) is 5.56 Å². The second kappa shape index (κ2) is 6.21. The van der Waals surface area contributed by atoms with E-state index in [1.54, 1.807) is 7.11 Å². The molecule has 18 heavy (non-hydrogen) atoms. The quantitative estimate of drug-likeness (QED) is 0.791. The molecular weight excluding hydrogens is 226 g/mol. The first-order valence-corrected chi connectivity index (χ1v) is 6.16. The standard InChI is InChI=1S/C14H19N3O/c1-15-9-3-4-12-10-16-17(11-12)13-5-7-14(18-2)8-6-13/h5-8,10-11,15H,3-4,9H2,1-2H3. The third-order valence-electron chi connectivity index (χ3n) is 2.87. The van der Waals surface area contributed by atoms with Crippen molar-refractivity contribution in [3.63, 3.8) is 0 Å². The molecule has 1 N–H and O–H groups in total. The summed E-state index contributed by atoms with van der Waals surface area (Å²) in [5.41, 5.74) is 2.32. The molecule has 0 atom stereocenters. The summed E-state index contributed by atoms with van der Waals surface area (Å²) in [5.74, 6) is 0.861. The average Bonchev–Trinajstić information content (AvgIpc) is 2.88. The van der Waals surface area contributed by atoms with Gasteiger partial charge in [-0.3, -0.25) is 0 Å². The van der Waals surface area contributed by atoms with Gasteiger partial charge < -0.3 is 10.1 Å². The van der Waals surface area contributed by atoms with E-state index in [1.807, 2.05) is 42.2 Å². The van der Waals surface area contributed by atoms with Crippen LogP contribution in [-0.4, -0.2) is 30.5 Å². The van der Waals surface area contributed by atoms with Gasteiger partial charge in [-0.15, -0.1) is 0 Å². The molecule has 0 amide bonds. The molecule has 1 aromatic heterocycles. The zero-order valence-corrected chi connectivity index (χ0v) is 10.9. The molecule has 96 valence electrons. The van der Waals surface area contributed by atoms with E-state index in [-0.39, 0.29) is 0 Å². The molecule has 0 radical (unpaired) electrons. The Hall–Kier alpha value is -1.81. The van der Waals surface area contributed by atoms with Crippen LogP contribution in [0.4, 0.5) is 0 Å². The Bertz CT molecular complexity index is 476. The van der Waals surface area contributed by atoms with Gasteiger partial charge in [0.1, 0.15) is 5.75 Å². The van der Waals surface area contributed by atoms with Crippen LogP contribution < -0.4 is 10.1 Å². The third-order valence-corrected chi connectivity index (χ3v) is 2.87. The number of rotatable bonds is 6. The summed E-state index contributed by atoms with van der Waals surface area (Å²) in [7, 11) is 3.64. The summed E-state index contributed by atoms with van der Waals surface area (Å²) in [5, 5.41) is 7.52. The fourth-order valence-corrected chi connectivity index (χ4v) is 1.83. The number of hydrogen-bond donors (Lipinski definition) is 1. The Morgan fingerprint density at radius 2 is 2.06 bits per heavy atom. The van der Waals surface area contributed by atoms with Gasteiger partial charge in [0, 0.05) is 6.20 Å². The van der Waals surface area contributed by atoms with E-state index in [9.17, 15) is 0 Å². The smallest absolute Gasteiger partial charge is 0.119 e. The zero-order chi connectivity index (χ0) is 12.8. The monoisotopic (exact) mass is 245 g/mol. The van der Waals surface area contributed by atoms with Gasteiger partial charge in [0.15, 0.2) is 0 Å². The van der Waals surface area contributed by atoms with E-state index in [2.05, 4.69) is 16.6 Å². The zero-order valence-electron chi connectivity index (χ0n) is 10.9. The summed E-state index contributed by atoms with van der Waals surface area (Å²) in [4.78, 5) is 0. The number of methoxy groups -OCH3 is 1. The number of aryl methyl sites for hydroxylation is 1. The van der Waals surface area contributed by atoms with Crippen LogP contribution in [0, 0.1) is 0 Å². The Balaban J connectivity index is 2.04. The Morgan fingerprint density at radius 1 is 1.28 bits per heavy atom. The molecule has 0 unspecified atom stereocenters. The van der Waals surface area contributed by atoms with E-state index < -0.39 is 0 Å². The molecule has 0 aliphatic rings. The lowest BCUT2D eigenvalue weighted by molar-refractivity contribution is 0.414. The minimum Gasteiger partial charge on any atom is -0.497 e. The van der Waals surface area contributed by atoms with Gasteiger partial charge in [-0.25, -0.2) is 4.68 Å². The van der Waals surface area contributed by atoms with Crippen LogP contribution in [0.1, 0.15) is 12.0 Å². The number of nitrogens with one attached hydrogen (secondary N) is 1. The largest absolute Gasteiger partial charge is 0.497 e. The number of nitrogens with zero attached hydrogens (tertiary/aromatic N) is 2. The van der Waals surface area contributed by atoms with Crippen molar-refractivity contribution in [2.75, 3.05) is 20.7 Å². The van der Waals surface area contributed by atoms with E-state index in [4.69, 9.17) is 4.74 Å². The fourth-order valence-electron chi connectivity index (χ4n) is 1.83. The molecule has 0 saturated heterocycles. The van der Waals surface area contributed by atoms with E-state index in [0.29, 0.717) is 0 Å². The number of hydrogen-bond acceptors (Lipinski definition) is 3. The first-order valence-electron chi connectivity index (χ1n) is 6.16. The number of ether oxygens (including phenoxy) is 1. The van der Waals surface area contributed by atoms with Crippen LogP contribution in [0.5, 0.6) is 5.75 Å². The lowest BCUT2D eigenvalue weighted by atomic mass is 10.2. The van der Waals surface area contributed by atoms with Crippen molar-refractivity contribution in [3.05, 3.63) is 42.2 Å². The van der Waals surface area contributed by atoms with Gasteiger partial charge in [0.05, 0.1) is 19.0 Å². The highest BCUT2D eigenvalue weighted by Gasteiger charge is 2.01. The van der Waals surface area contributed by atoms with Crippen LogP contribution in [0.25, 0.3) is 5.69 Å². The van der Waals surface area contributed by atoms with Crippen molar-refractivity contribution in [1.82, 2.24) is 15.1 Å². The summed E-state index contributed by atoms with van der Waals surface area (Å²) in [6.07, 6.45) is 6.19.